The number of carbonyl (C=O) groups excluding carboxylic acids is 1. The molecule has 80 valence electrons. The highest BCUT2D eigenvalue weighted by atomic mass is 16.1. The number of ketones is 1. The maximum Gasteiger partial charge on any atom is 0.264 e. The minimum absolute atomic E-state index is 0.234. The fourth-order valence-corrected chi connectivity index (χ4v) is 1.29. The van der Waals surface area contributed by atoms with Crippen molar-refractivity contribution in [1.29, 1.82) is 0 Å². The summed E-state index contributed by atoms with van der Waals surface area (Å²) in [6, 6.07) is 10.7. The van der Waals surface area contributed by atoms with Crippen molar-refractivity contribution >= 4 is 11.9 Å². The van der Waals surface area contributed by atoms with Crippen LogP contribution in [0.25, 0.3) is 6.08 Å². The molecule has 0 bridgehead atoms. The van der Waals surface area contributed by atoms with E-state index in [-0.39, 0.29) is 17.0 Å². The van der Waals surface area contributed by atoms with E-state index in [2.05, 4.69) is 10.2 Å². The monoisotopic (exact) mass is 214 g/mol. The molecule has 1 aromatic heterocycles. The minimum Gasteiger partial charge on any atom is -0.294 e. The van der Waals surface area contributed by atoms with Crippen LogP contribution in [0.4, 0.5) is 0 Å². The summed E-state index contributed by atoms with van der Waals surface area (Å²) in [6.07, 6.45) is 3.13. The number of nitrogens with one attached hydrogen (secondary N) is 2. The van der Waals surface area contributed by atoms with Crippen molar-refractivity contribution in [3.05, 3.63) is 64.1 Å². The Labute approximate surface area is 91.6 Å². The van der Waals surface area contributed by atoms with Gasteiger partial charge < -0.3 is 0 Å². The van der Waals surface area contributed by atoms with Crippen molar-refractivity contribution < 1.29 is 4.79 Å². The first-order valence-electron chi connectivity index (χ1n) is 4.81. The minimum atomic E-state index is -0.309. The van der Waals surface area contributed by atoms with Gasteiger partial charge in [-0.2, -0.15) is 0 Å². The third-order valence-corrected chi connectivity index (χ3v) is 2.09. The summed E-state index contributed by atoms with van der Waals surface area (Å²) in [5.41, 5.74) is 0.891. The Morgan fingerprint density at radius 3 is 2.50 bits per heavy atom. The molecule has 0 spiro atoms. The van der Waals surface area contributed by atoms with Gasteiger partial charge in [-0.25, -0.2) is 0 Å². The Hall–Kier alpha value is -2.36. The normalized spacial score (nSPS) is 10.8. The molecule has 0 amide bonds. The molecule has 4 heteroatoms. The maximum atomic E-state index is 11.6. The van der Waals surface area contributed by atoms with Gasteiger partial charge in [0.2, 0.25) is 5.78 Å². The Bertz CT molecular complexity index is 564. The zero-order valence-electron chi connectivity index (χ0n) is 8.44. The van der Waals surface area contributed by atoms with Gasteiger partial charge in [0.1, 0.15) is 5.69 Å². The molecule has 4 nitrogen and oxygen atoms in total. The van der Waals surface area contributed by atoms with Crippen molar-refractivity contribution in [3.8, 4) is 0 Å². The van der Waals surface area contributed by atoms with Gasteiger partial charge >= 0.3 is 0 Å². The van der Waals surface area contributed by atoms with Crippen molar-refractivity contribution in [3.63, 3.8) is 0 Å². The average Bonchev–Trinajstić information content (AvgIpc) is 2.74. The fourth-order valence-electron chi connectivity index (χ4n) is 1.29. The van der Waals surface area contributed by atoms with Gasteiger partial charge in [0.15, 0.2) is 0 Å². The standard InChI is InChI=1S/C12H10N2O2/c15-11(10-8-12(16)14-13-10)7-6-9-4-2-1-3-5-9/h1-8H,(H2,13,14,16). The van der Waals surface area contributed by atoms with Gasteiger partial charge in [-0.1, -0.05) is 36.4 Å². The van der Waals surface area contributed by atoms with E-state index in [0.29, 0.717) is 0 Å². The van der Waals surface area contributed by atoms with E-state index < -0.39 is 0 Å². The van der Waals surface area contributed by atoms with Crippen LogP contribution in [0.3, 0.4) is 0 Å². The van der Waals surface area contributed by atoms with E-state index in [9.17, 15) is 9.59 Å². The van der Waals surface area contributed by atoms with Crippen LogP contribution in [0.1, 0.15) is 16.1 Å². The molecular formula is C12H10N2O2. The Kier molecular flexibility index (Phi) is 2.82. The average molecular weight is 214 g/mol. The predicted octanol–water partition coefficient (Wildman–Crippen LogP) is 1.60. The summed E-state index contributed by atoms with van der Waals surface area (Å²) in [5.74, 6) is -0.234. The molecule has 0 aliphatic rings. The zero-order chi connectivity index (χ0) is 11.4. The van der Waals surface area contributed by atoms with Crippen LogP contribution in [0.15, 0.2) is 47.3 Å². The van der Waals surface area contributed by atoms with Gasteiger partial charge in [0.05, 0.1) is 0 Å². The number of aromatic amines is 2. The summed E-state index contributed by atoms with van der Waals surface area (Å²) < 4.78 is 0. The first-order valence-corrected chi connectivity index (χ1v) is 4.81. The van der Waals surface area contributed by atoms with E-state index in [1.807, 2.05) is 30.3 Å². The van der Waals surface area contributed by atoms with Crippen molar-refractivity contribution in [2.45, 2.75) is 0 Å². The first-order chi connectivity index (χ1) is 7.75. The van der Waals surface area contributed by atoms with Crippen LogP contribution >= 0.6 is 0 Å². The fraction of sp³-hybridized carbons (Fsp3) is 0. The molecule has 2 rings (SSSR count). The number of rotatable bonds is 3. The second kappa shape index (κ2) is 4.44. The summed E-state index contributed by atoms with van der Waals surface area (Å²) in [5, 5.41) is 4.82. The van der Waals surface area contributed by atoms with Crippen LogP contribution < -0.4 is 5.56 Å². The molecule has 0 radical (unpaired) electrons. The molecule has 1 heterocycles. The van der Waals surface area contributed by atoms with Gasteiger partial charge in [-0.3, -0.25) is 19.8 Å². The molecule has 0 unspecified atom stereocenters. The molecule has 2 aromatic rings. The third kappa shape index (κ3) is 2.36. The number of benzene rings is 1. The van der Waals surface area contributed by atoms with E-state index in [4.69, 9.17) is 0 Å². The summed E-state index contributed by atoms with van der Waals surface area (Å²) in [6.45, 7) is 0. The maximum absolute atomic E-state index is 11.6. The molecule has 2 N–H and O–H groups in total. The summed E-state index contributed by atoms with van der Waals surface area (Å²) >= 11 is 0. The molecule has 0 aliphatic carbocycles. The van der Waals surface area contributed by atoms with Crippen molar-refractivity contribution in [2.75, 3.05) is 0 Å². The largest absolute Gasteiger partial charge is 0.294 e. The summed E-state index contributed by atoms with van der Waals surface area (Å²) in [4.78, 5) is 22.4. The number of allylic oxidation sites excluding steroid dienone is 1. The Balaban J connectivity index is 2.14. The third-order valence-electron chi connectivity index (χ3n) is 2.09. The Morgan fingerprint density at radius 1 is 1.12 bits per heavy atom. The second-order valence-corrected chi connectivity index (χ2v) is 3.28. The zero-order valence-corrected chi connectivity index (χ0v) is 8.44. The number of hydrogen-bond donors (Lipinski definition) is 2. The SMILES string of the molecule is O=C(C=Cc1ccccc1)c1cc(=O)[nH][nH]1. The smallest absolute Gasteiger partial charge is 0.264 e. The highest BCUT2D eigenvalue weighted by molar-refractivity contribution is 6.05. The van der Waals surface area contributed by atoms with Gasteiger partial charge in [-0.05, 0) is 11.6 Å². The first kappa shape index (κ1) is 10.2. The van der Waals surface area contributed by atoms with E-state index >= 15 is 0 Å². The van der Waals surface area contributed by atoms with Gasteiger partial charge in [0.25, 0.3) is 5.56 Å². The topological polar surface area (TPSA) is 65.7 Å². The molecule has 16 heavy (non-hydrogen) atoms. The van der Waals surface area contributed by atoms with Gasteiger partial charge in [-0.15, -0.1) is 0 Å². The quantitative estimate of drug-likeness (QED) is 0.602. The second-order valence-electron chi connectivity index (χ2n) is 3.28. The molecule has 0 aliphatic heterocycles. The molecule has 1 aromatic carbocycles. The predicted molar refractivity (Wildman–Crippen MR) is 61.2 cm³/mol. The van der Waals surface area contributed by atoms with Crippen LogP contribution in [-0.2, 0) is 0 Å². The lowest BCUT2D eigenvalue weighted by Gasteiger charge is -1.91. The highest BCUT2D eigenvalue weighted by Crippen LogP contribution is 2.02. The number of carbonyl (C=O) groups is 1. The van der Waals surface area contributed by atoms with Crippen LogP contribution in [0.5, 0.6) is 0 Å². The van der Waals surface area contributed by atoms with Crippen LogP contribution in [-0.4, -0.2) is 16.0 Å². The van der Waals surface area contributed by atoms with E-state index in [0.717, 1.165) is 5.56 Å². The summed E-state index contributed by atoms with van der Waals surface area (Å²) in [7, 11) is 0. The highest BCUT2D eigenvalue weighted by Gasteiger charge is 2.03. The molecule has 0 atom stereocenters. The van der Waals surface area contributed by atoms with Crippen LogP contribution in [0, 0.1) is 0 Å². The van der Waals surface area contributed by atoms with Crippen molar-refractivity contribution in [1.82, 2.24) is 10.2 Å². The van der Waals surface area contributed by atoms with Crippen molar-refractivity contribution in [2.24, 2.45) is 0 Å². The number of aromatic nitrogens is 2. The van der Waals surface area contributed by atoms with Gasteiger partial charge in [0, 0.05) is 6.07 Å². The molecule has 0 saturated heterocycles. The molecule has 0 saturated carbocycles. The molecular weight excluding hydrogens is 204 g/mol. The lowest BCUT2D eigenvalue weighted by atomic mass is 10.2. The lowest BCUT2D eigenvalue weighted by molar-refractivity contribution is 0.104. The van der Waals surface area contributed by atoms with Crippen LogP contribution in [0.2, 0.25) is 0 Å². The molecule has 0 fully saturated rings. The number of hydrogen-bond acceptors (Lipinski definition) is 2. The lowest BCUT2D eigenvalue weighted by Crippen LogP contribution is -1.95. The Morgan fingerprint density at radius 2 is 1.88 bits per heavy atom. The number of H-pyrrole nitrogens is 2. The van der Waals surface area contributed by atoms with E-state index in [1.165, 1.54) is 12.1 Å². The van der Waals surface area contributed by atoms with E-state index in [1.54, 1.807) is 6.08 Å².